The van der Waals surface area contributed by atoms with Crippen LogP contribution in [0.4, 0.5) is 16.3 Å². The van der Waals surface area contributed by atoms with Crippen LogP contribution in [0.5, 0.6) is 0 Å². The molecule has 0 atom stereocenters. The fourth-order valence-electron chi connectivity index (χ4n) is 3.60. The number of piperazine rings is 1. The number of benzene rings is 2. The summed E-state index contributed by atoms with van der Waals surface area (Å²) in [4.78, 5) is 16.4. The highest BCUT2D eigenvalue weighted by molar-refractivity contribution is 7.13. The molecule has 1 aliphatic rings. The van der Waals surface area contributed by atoms with Crippen LogP contribution in [0.15, 0.2) is 61.4 Å². The van der Waals surface area contributed by atoms with E-state index in [4.69, 9.17) is 4.74 Å². The molecule has 3 aromatic rings. The standard InChI is InChI=1S/C22H24N4O2S/c1-2-28-22(27)23-18-7-5-6-17(16-18)10-11-25-12-14-26(15-13-25)21-19-8-3-4-9-20(19)29-24-21/h2-9,16H,1,10-15H2,(H,23,27). The van der Waals surface area contributed by atoms with E-state index in [9.17, 15) is 4.79 Å². The second kappa shape index (κ2) is 9.07. The zero-order valence-corrected chi connectivity index (χ0v) is 17.0. The van der Waals surface area contributed by atoms with Gasteiger partial charge in [-0.2, -0.15) is 4.37 Å². The lowest BCUT2D eigenvalue weighted by molar-refractivity contribution is 0.201. The molecule has 1 fully saturated rings. The van der Waals surface area contributed by atoms with Crippen LogP contribution in [0.3, 0.4) is 0 Å². The van der Waals surface area contributed by atoms with Crippen molar-refractivity contribution in [2.45, 2.75) is 6.42 Å². The van der Waals surface area contributed by atoms with E-state index >= 15 is 0 Å². The average Bonchev–Trinajstić information content (AvgIpc) is 3.17. The predicted molar refractivity (Wildman–Crippen MR) is 119 cm³/mol. The van der Waals surface area contributed by atoms with E-state index in [2.05, 4.69) is 56.4 Å². The number of nitrogens with zero attached hydrogens (tertiary/aromatic N) is 3. The molecule has 6 nitrogen and oxygen atoms in total. The predicted octanol–water partition coefficient (Wildman–Crippen LogP) is 4.35. The summed E-state index contributed by atoms with van der Waals surface area (Å²) in [5.74, 6) is 1.12. The quantitative estimate of drug-likeness (QED) is 0.615. The molecule has 0 aliphatic carbocycles. The third-order valence-electron chi connectivity index (χ3n) is 5.11. The zero-order chi connectivity index (χ0) is 20.1. The molecule has 7 heteroatoms. The van der Waals surface area contributed by atoms with Crippen LogP contribution in [-0.2, 0) is 11.2 Å². The molecule has 1 N–H and O–H groups in total. The minimum Gasteiger partial charge on any atom is -0.419 e. The number of nitrogens with one attached hydrogen (secondary N) is 1. The SMILES string of the molecule is C=COC(=O)Nc1cccc(CCN2CCN(c3nsc4ccccc34)CC2)c1. The summed E-state index contributed by atoms with van der Waals surface area (Å²) >= 11 is 1.57. The van der Waals surface area contributed by atoms with Crippen molar-refractivity contribution >= 4 is 39.2 Å². The van der Waals surface area contributed by atoms with E-state index < -0.39 is 6.09 Å². The summed E-state index contributed by atoms with van der Waals surface area (Å²) in [7, 11) is 0. The van der Waals surface area contributed by atoms with Gasteiger partial charge in [0.15, 0.2) is 0 Å². The van der Waals surface area contributed by atoms with Crippen LogP contribution in [0.1, 0.15) is 5.56 Å². The molecule has 0 spiro atoms. The number of amides is 1. The van der Waals surface area contributed by atoms with Gasteiger partial charge in [0.05, 0.1) is 11.0 Å². The van der Waals surface area contributed by atoms with Gasteiger partial charge in [-0.05, 0) is 47.8 Å². The molecule has 0 unspecified atom stereocenters. The first kappa shape index (κ1) is 19.4. The Morgan fingerprint density at radius 1 is 1.17 bits per heavy atom. The number of anilines is 2. The van der Waals surface area contributed by atoms with Crippen molar-refractivity contribution in [3.63, 3.8) is 0 Å². The van der Waals surface area contributed by atoms with Crippen LogP contribution in [0.2, 0.25) is 0 Å². The molecule has 29 heavy (non-hydrogen) atoms. The Morgan fingerprint density at radius 2 is 2.00 bits per heavy atom. The fourth-order valence-corrected chi connectivity index (χ4v) is 4.39. The van der Waals surface area contributed by atoms with Crippen molar-refractivity contribution in [2.24, 2.45) is 0 Å². The summed E-state index contributed by atoms with van der Waals surface area (Å²) in [5, 5.41) is 3.95. The fraction of sp³-hybridized carbons (Fsp3) is 0.273. The molecule has 1 aromatic heterocycles. The minimum absolute atomic E-state index is 0.525. The molecule has 1 aliphatic heterocycles. The van der Waals surface area contributed by atoms with Crippen molar-refractivity contribution in [1.82, 2.24) is 9.27 Å². The minimum atomic E-state index is -0.525. The van der Waals surface area contributed by atoms with Crippen LogP contribution in [0.25, 0.3) is 10.1 Å². The van der Waals surface area contributed by atoms with Gasteiger partial charge in [-0.3, -0.25) is 10.2 Å². The second-order valence-electron chi connectivity index (χ2n) is 6.98. The van der Waals surface area contributed by atoms with Crippen molar-refractivity contribution in [2.75, 3.05) is 42.9 Å². The number of carbonyl (C=O) groups excluding carboxylic acids is 1. The highest BCUT2D eigenvalue weighted by Crippen LogP contribution is 2.29. The van der Waals surface area contributed by atoms with Gasteiger partial charge in [0.1, 0.15) is 5.82 Å². The topological polar surface area (TPSA) is 57.7 Å². The lowest BCUT2D eigenvalue weighted by Gasteiger charge is -2.35. The molecule has 2 aromatic carbocycles. The van der Waals surface area contributed by atoms with Gasteiger partial charge in [-0.15, -0.1) is 0 Å². The number of carbonyl (C=O) groups is 1. The van der Waals surface area contributed by atoms with Gasteiger partial charge in [-0.1, -0.05) is 30.8 Å². The summed E-state index contributed by atoms with van der Waals surface area (Å²) in [6.07, 6.45) is 1.53. The van der Waals surface area contributed by atoms with Crippen molar-refractivity contribution < 1.29 is 9.53 Å². The van der Waals surface area contributed by atoms with E-state index in [1.54, 1.807) is 11.5 Å². The first-order valence-corrected chi connectivity index (χ1v) is 10.5. The molecule has 0 radical (unpaired) electrons. The van der Waals surface area contributed by atoms with Crippen molar-refractivity contribution in [1.29, 1.82) is 0 Å². The Labute approximate surface area is 174 Å². The molecular formula is C22H24N4O2S. The first-order valence-electron chi connectivity index (χ1n) is 9.72. The largest absolute Gasteiger partial charge is 0.419 e. The smallest absolute Gasteiger partial charge is 0.416 e. The Kier molecular flexibility index (Phi) is 6.07. The lowest BCUT2D eigenvalue weighted by Crippen LogP contribution is -2.47. The van der Waals surface area contributed by atoms with Crippen LogP contribution < -0.4 is 10.2 Å². The average molecular weight is 409 g/mol. The van der Waals surface area contributed by atoms with Crippen LogP contribution in [-0.4, -0.2) is 48.1 Å². The van der Waals surface area contributed by atoms with E-state index in [0.29, 0.717) is 0 Å². The number of fused-ring (bicyclic) bond motifs is 1. The van der Waals surface area contributed by atoms with Crippen LogP contribution in [0, 0.1) is 0 Å². The highest BCUT2D eigenvalue weighted by atomic mass is 32.1. The summed E-state index contributed by atoms with van der Waals surface area (Å²) in [6, 6.07) is 16.3. The number of aromatic nitrogens is 1. The molecule has 4 rings (SSSR count). The van der Waals surface area contributed by atoms with Gasteiger partial charge in [0.25, 0.3) is 0 Å². The Bertz CT molecular complexity index is 995. The second-order valence-corrected chi connectivity index (χ2v) is 7.78. The lowest BCUT2D eigenvalue weighted by atomic mass is 10.1. The van der Waals surface area contributed by atoms with Gasteiger partial charge < -0.3 is 9.64 Å². The molecule has 0 saturated carbocycles. The third kappa shape index (κ3) is 4.75. The molecule has 0 bridgehead atoms. The summed E-state index contributed by atoms with van der Waals surface area (Å²) in [6.45, 7) is 8.40. The number of hydrogen-bond acceptors (Lipinski definition) is 6. The molecular weight excluding hydrogens is 384 g/mol. The maximum atomic E-state index is 11.5. The van der Waals surface area contributed by atoms with Gasteiger partial charge in [0, 0.05) is 43.8 Å². The highest BCUT2D eigenvalue weighted by Gasteiger charge is 2.20. The Hall–Kier alpha value is -2.90. The first-order chi connectivity index (χ1) is 14.2. The molecule has 150 valence electrons. The maximum absolute atomic E-state index is 11.5. The van der Waals surface area contributed by atoms with Crippen molar-refractivity contribution in [3.8, 4) is 0 Å². The van der Waals surface area contributed by atoms with E-state index in [1.807, 2.05) is 18.2 Å². The van der Waals surface area contributed by atoms with Crippen molar-refractivity contribution in [3.05, 3.63) is 66.9 Å². The van der Waals surface area contributed by atoms with E-state index in [-0.39, 0.29) is 0 Å². The maximum Gasteiger partial charge on any atom is 0.416 e. The Balaban J connectivity index is 1.29. The zero-order valence-electron chi connectivity index (χ0n) is 16.2. The van der Waals surface area contributed by atoms with Gasteiger partial charge in [-0.25, -0.2) is 4.79 Å². The third-order valence-corrected chi connectivity index (χ3v) is 5.93. The van der Waals surface area contributed by atoms with Gasteiger partial charge >= 0.3 is 6.09 Å². The molecule has 1 amide bonds. The Morgan fingerprint density at radius 3 is 2.83 bits per heavy atom. The van der Waals surface area contributed by atoms with Gasteiger partial charge in [0.2, 0.25) is 0 Å². The normalized spacial score (nSPS) is 14.7. The molecule has 2 heterocycles. The number of rotatable bonds is 6. The summed E-state index contributed by atoms with van der Waals surface area (Å²) < 4.78 is 10.6. The monoisotopic (exact) mass is 408 g/mol. The number of hydrogen-bond donors (Lipinski definition) is 1. The van der Waals surface area contributed by atoms with E-state index in [0.717, 1.165) is 56.9 Å². The molecule has 1 saturated heterocycles. The van der Waals surface area contributed by atoms with E-state index in [1.165, 1.54) is 15.6 Å². The van der Waals surface area contributed by atoms with Crippen LogP contribution >= 0.6 is 11.5 Å². The number of ether oxygens (including phenoxy) is 1. The summed E-state index contributed by atoms with van der Waals surface area (Å²) in [5.41, 5.74) is 1.92.